The van der Waals surface area contributed by atoms with Crippen LogP contribution < -0.4 is 9.64 Å². The van der Waals surface area contributed by atoms with Crippen LogP contribution in [0.4, 0.5) is 10.1 Å². The first kappa shape index (κ1) is 24.6. The van der Waals surface area contributed by atoms with Crippen LogP contribution in [0, 0.1) is 5.82 Å². The number of hydrogen-bond donors (Lipinski definition) is 0. The summed E-state index contributed by atoms with van der Waals surface area (Å²) in [5, 5.41) is 0.687. The largest absolute Gasteiger partial charge is 0.480 e. The Labute approximate surface area is 214 Å². The highest BCUT2D eigenvalue weighted by Gasteiger charge is 2.26. The van der Waals surface area contributed by atoms with Crippen LogP contribution in [0.3, 0.4) is 0 Å². The van der Waals surface area contributed by atoms with E-state index in [1.807, 2.05) is 12.1 Å². The first-order chi connectivity index (χ1) is 17.9. The van der Waals surface area contributed by atoms with E-state index in [4.69, 9.17) is 4.74 Å². The number of para-hydroxylation sites is 1. The molecule has 5 rings (SSSR count). The lowest BCUT2D eigenvalue weighted by molar-refractivity contribution is 0.0746. The number of fused-ring (bicyclic) bond motifs is 1. The van der Waals surface area contributed by atoms with Crippen LogP contribution >= 0.6 is 0 Å². The number of carbonyl (C=O) groups is 1. The number of methoxy groups -OCH3 is 1. The van der Waals surface area contributed by atoms with Crippen molar-refractivity contribution in [1.29, 1.82) is 0 Å². The molecule has 0 spiro atoms. The van der Waals surface area contributed by atoms with Crippen molar-refractivity contribution in [3.63, 3.8) is 0 Å². The standard InChI is InChI=1S/C27H25FN4O4S/c1-36-26-23(7-4-12-30-26)31-13-15-32(16-14-31)27(33)20-9-10-21(22(28)17-20)18-37(34,35)24-8-2-5-19-6-3-11-29-25(19)24/h2-12,17H,13-16,18H2,1H3. The van der Waals surface area contributed by atoms with Gasteiger partial charge in [0.2, 0.25) is 5.88 Å². The van der Waals surface area contributed by atoms with Crippen molar-refractivity contribution in [3.8, 4) is 5.88 Å². The van der Waals surface area contributed by atoms with E-state index in [0.717, 1.165) is 11.8 Å². The Morgan fingerprint density at radius 3 is 2.46 bits per heavy atom. The average molecular weight is 521 g/mol. The maximum absolute atomic E-state index is 15.0. The number of anilines is 1. The number of benzene rings is 2. The summed E-state index contributed by atoms with van der Waals surface area (Å²) in [6.45, 7) is 2.04. The maximum atomic E-state index is 15.0. The first-order valence-corrected chi connectivity index (χ1v) is 13.4. The van der Waals surface area contributed by atoms with Gasteiger partial charge in [-0.25, -0.2) is 17.8 Å². The lowest BCUT2D eigenvalue weighted by atomic mass is 10.1. The lowest BCUT2D eigenvalue weighted by Gasteiger charge is -2.36. The zero-order valence-electron chi connectivity index (χ0n) is 20.2. The Balaban J connectivity index is 1.29. The third-order valence-corrected chi connectivity index (χ3v) is 8.12. The Kier molecular flexibility index (Phi) is 6.75. The normalized spacial score (nSPS) is 14.1. The number of amides is 1. The molecule has 0 bridgehead atoms. The van der Waals surface area contributed by atoms with Gasteiger partial charge < -0.3 is 14.5 Å². The summed E-state index contributed by atoms with van der Waals surface area (Å²) in [6, 6.07) is 16.1. The van der Waals surface area contributed by atoms with Crippen LogP contribution in [0.2, 0.25) is 0 Å². The number of aromatic nitrogens is 2. The second kappa shape index (κ2) is 10.1. The van der Waals surface area contributed by atoms with Crippen molar-refractivity contribution in [1.82, 2.24) is 14.9 Å². The van der Waals surface area contributed by atoms with Crippen molar-refractivity contribution in [2.24, 2.45) is 0 Å². The molecule has 1 aliphatic rings. The van der Waals surface area contributed by atoms with E-state index in [0.29, 0.717) is 43.0 Å². The minimum Gasteiger partial charge on any atom is -0.480 e. The van der Waals surface area contributed by atoms with Gasteiger partial charge in [0.05, 0.1) is 29.0 Å². The predicted octanol–water partition coefficient (Wildman–Crippen LogP) is 3.71. The third kappa shape index (κ3) is 4.97. The van der Waals surface area contributed by atoms with E-state index < -0.39 is 21.4 Å². The molecule has 1 aliphatic heterocycles. The number of nitrogens with zero attached hydrogens (tertiary/aromatic N) is 4. The van der Waals surface area contributed by atoms with Crippen LogP contribution in [0.25, 0.3) is 10.9 Å². The van der Waals surface area contributed by atoms with Gasteiger partial charge in [0.15, 0.2) is 9.84 Å². The highest BCUT2D eigenvalue weighted by atomic mass is 32.2. The van der Waals surface area contributed by atoms with E-state index >= 15 is 4.39 Å². The number of ether oxygens (including phenoxy) is 1. The molecule has 1 amide bonds. The Morgan fingerprint density at radius 2 is 1.70 bits per heavy atom. The molecule has 3 heterocycles. The molecule has 0 atom stereocenters. The molecule has 2 aromatic carbocycles. The van der Waals surface area contributed by atoms with Crippen LogP contribution in [-0.2, 0) is 15.6 Å². The molecule has 37 heavy (non-hydrogen) atoms. The molecule has 0 N–H and O–H groups in total. The summed E-state index contributed by atoms with van der Waals surface area (Å²) in [5.74, 6) is -1.05. The second-order valence-corrected chi connectivity index (χ2v) is 10.7. The van der Waals surface area contributed by atoms with Gasteiger partial charge in [-0.05, 0) is 36.4 Å². The molecule has 2 aromatic heterocycles. The number of pyridine rings is 2. The van der Waals surface area contributed by atoms with Crippen LogP contribution in [0.5, 0.6) is 5.88 Å². The average Bonchev–Trinajstić information content (AvgIpc) is 2.93. The molecular formula is C27H25FN4O4S. The van der Waals surface area contributed by atoms with Crippen molar-refractivity contribution in [2.75, 3.05) is 38.2 Å². The van der Waals surface area contributed by atoms with Crippen molar-refractivity contribution < 1.29 is 22.3 Å². The molecule has 1 saturated heterocycles. The number of hydrogen-bond acceptors (Lipinski definition) is 7. The maximum Gasteiger partial charge on any atom is 0.254 e. The van der Waals surface area contributed by atoms with E-state index in [1.54, 1.807) is 42.5 Å². The summed E-state index contributed by atoms with van der Waals surface area (Å²) < 4.78 is 46.6. The van der Waals surface area contributed by atoms with Crippen LogP contribution in [0.1, 0.15) is 15.9 Å². The summed E-state index contributed by atoms with van der Waals surface area (Å²) in [4.78, 5) is 25.3. The van der Waals surface area contributed by atoms with E-state index in [9.17, 15) is 13.2 Å². The molecule has 10 heteroatoms. The van der Waals surface area contributed by atoms with Crippen molar-refractivity contribution in [2.45, 2.75) is 10.6 Å². The molecule has 0 aliphatic carbocycles. The topological polar surface area (TPSA) is 92.7 Å². The summed E-state index contributed by atoms with van der Waals surface area (Å²) in [7, 11) is -2.31. The smallest absolute Gasteiger partial charge is 0.254 e. The minimum atomic E-state index is -3.87. The van der Waals surface area contributed by atoms with Gasteiger partial charge in [-0.3, -0.25) is 9.78 Å². The van der Waals surface area contributed by atoms with Crippen LogP contribution in [0.15, 0.2) is 78.0 Å². The lowest BCUT2D eigenvalue weighted by Crippen LogP contribution is -2.49. The van der Waals surface area contributed by atoms with Gasteiger partial charge in [0, 0.05) is 55.1 Å². The van der Waals surface area contributed by atoms with E-state index in [1.165, 1.54) is 24.4 Å². The molecular weight excluding hydrogens is 495 g/mol. The highest BCUT2D eigenvalue weighted by Crippen LogP contribution is 2.27. The molecule has 0 radical (unpaired) electrons. The zero-order chi connectivity index (χ0) is 26.0. The highest BCUT2D eigenvalue weighted by molar-refractivity contribution is 7.90. The Morgan fingerprint density at radius 1 is 0.973 bits per heavy atom. The number of piperazine rings is 1. The molecule has 8 nitrogen and oxygen atoms in total. The minimum absolute atomic E-state index is 0.00187. The molecule has 190 valence electrons. The number of sulfone groups is 1. The monoisotopic (exact) mass is 520 g/mol. The Hall–Kier alpha value is -4.05. The molecule has 4 aromatic rings. The fourth-order valence-electron chi connectivity index (χ4n) is 4.52. The van der Waals surface area contributed by atoms with Gasteiger partial charge in [-0.1, -0.05) is 24.3 Å². The molecule has 0 unspecified atom stereocenters. The van der Waals surface area contributed by atoms with Gasteiger partial charge >= 0.3 is 0 Å². The first-order valence-electron chi connectivity index (χ1n) is 11.8. The van der Waals surface area contributed by atoms with Gasteiger partial charge in [0.1, 0.15) is 5.82 Å². The predicted molar refractivity (Wildman–Crippen MR) is 138 cm³/mol. The quantitative estimate of drug-likeness (QED) is 0.383. The van der Waals surface area contributed by atoms with Gasteiger partial charge in [-0.15, -0.1) is 0 Å². The Bertz CT molecular complexity index is 1560. The van der Waals surface area contributed by atoms with Gasteiger partial charge in [-0.2, -0.15) is 0 Å². The fourth-order valence-corrected chi connectivity index (χ4v) is 6.07. The number of halogens is 1. The third-order valence-electron chi connectivity index (χ3n) is 6.43. The second-order valence-electron chi connectivity index (χ2n) is 8.71. The number of carbonyl (C=O) groups excluding carboxylic acids is 1. The summed E-state index contributed by atoms with van der Waals surface area (Å²) in [6.07, 6.45) is 3.18. The SMILES string of the molecule is COc1ncccc1N1CCN(C(=O)c2ccc(CS(=O)(=O)c3cccc4cccnc34)c(F)c2)CC1. The van der Waals surface area contributed by atoms with Gasteiger partial charge in [0.25, 0.3) is 5.91 Å². The molecule has 1 fully saturated rings. The van der Waals surface area contributed by atoms with Crippen LogP contribution in [-0.4, -0.2) is 62.5 Å². The molecule has 0 saturated carbocycles. The summed E-state index contributed by atoms with van der Waals surface area (Å²) in [5.41, 5.74) is 1.38. The van der Waals surface area contributed by atoms with Crippen molar-refractivity contribution in [3.05, 3.63) is 90.0 Å². The zero-order valence-corrected chi connectivity index (χ0v) is 21.0. The fraction of sp³-hybridized carbons (Fsp3) is 0.222. The van der Waals surface area contributed by atoms with E-state index in [-0.39, 0.29) is 21.9 Å². The number of rotatable bonds is 6. The van der Waals surface area contributed by atoms with E-state index in [2.05, 4.69) is 14.9 Å². The summed E-state index contributed by atoms with van der Waals surface area (Å²) >= 11 is 0. The van der Waals surface area contributed by atoms with Crippen molar-refractivity contribution >= 4 is 32.3 Å².